The van der Waals surface area contributed by atoms with Gasteiger partial charge in [-0.05, 0) is 36.6 Å². The van der Waals surface area contributed by atoms with E-state index in [9.17, 15) is 23.8 Å². The number of non-ortho nitro benzene ring substituents is 1. The van der Waals surface area contributed by atoms with E-state index in [0.717, 1.165) is 38.4 Å². The first-order valence-corrected chi connectivity index (χ1v) is 10.7. The molecule has 0 amide bonds. The van der Waals surface area contributed by atoms with Gasteiger partial charge in [-0.25, -0.2) is 4.98 Å². The number of pyridine rings is 1. The van der Waals surface area contributed by atoms with Gasteiger partial charge in [0.2, 0.25) is 0 Å². The smallest absolute Gasteiger partial charge is 0.307 e. The minimum Gasteiger partial charge on any atom is -0.360 e. The van der Waals surface area contributed by atoms with E-state index in [-0.39, 0.29) is 23.0 Å². The number of hydrogen-bond acceptors (Lipinski definition) is 7. The van der Waals surface area contributed by atoms with E-state index in [4.69, 9.17) is 4.18 Å². The van der Waals surface area contributed by atoms with Crippen molar-refractivity contribution < 1.29 is 17.5 Å². The molecule has 0 N–H and O–H groups in total. The lowest BCUT2D eigenvalue weighted by Gasteiger charge is -2.22. The summed E-state index contributed by atoms with van der Waals surface area (Å²) in [4.78, 5) is 14.7. The highest BCUT2D eigenvalue weighted by atomic mass is 32.2. The van der Waals surface area contributed by atoms with Crippen LogP contribution in [0.3, 0.4) is 0 Å². The van der Waals surface area contributed by atoms with Crippen molar-refractivity contribution in [2.75, 3.05) is 6.26 Å². The Morgan fingerprint density at radius 3 is 2.39 bits per heavy atom. The van der Waals surface area contributed by atoms with Crippen molar-refractivity contribution in [3.63, 3.8) is 0 Å². The number of hydrogen-bond donors (Lipinski definition) is 0. The molecule has 1 aliphatic rings. The molecule has 0 unspecified atom stereocenters. The predicted octanol–water partition coefficient (Wildman–Crippen LogP) is 3.91. The molecule has 0 atom stereocenters. The maximum absolute atomic E-state index is 11.7. The van der Waals surface area contributed by atoms with Crippen LogP contribution in [0.15, 0.2) is 30.3 Å². The van der Waals surface area contributed by atoms with E-state index in [1.54, 1.807) is 6.07 Å². The second kappa shape index (κ2) is 7.94. The van der Waals surface area contributed by atoms with Crippen molar-refractivity contribution in [2.24, 2.45) is 0 Å². The number of benzene rings is 1. The van der Waals surface area contributed by atoms with Crippen LogP contribution in [0.4, 0.5) is 5.69 Å². The molecule has 9 heteroatoms. The summed E-state index contributed by atoms with van der Waals surface area (Å²) in [5.74, 6) is -0.0957. The van der Waals surface area contributed by atoms with Gasteiger partial charge in [-0.1, -0.05) is 19.3 Å². The van der Waals surface area contributed by atoms with Crippen molar-refractivity contribution in [1.29, 1.82) is 5.26 Å². The largest absolute Gasteiger partial charge is 0.360 e. The van der Waals surface area contributed by atoms with Gasteiger partial charge in [0.15, 0.2) is 0 Å². The van der Waals surface area contributed by atoms with Gasteiger partial charge in [0.25, 0.3) is 11.6 Å². The molecule has 0 bridgehead atoms. The summed E-state index contributed by atoms with van der Waals surface area (Å²) in [6.07, 6.45) is 6.01. The molecular formula is C19H19N3O5S. The molecule has 146 valence electrons. The van der Waals surface area contributed by atoms with Crippen LogP contribution in [0.25, 0.3) is 11.1 Å². The molecule has 1 saturated carbocycles. The highest BCUT2D eigenvalue weighted by molar-refractivity contribution is 7.86. The van der Waals surface area contributed by atoms with Crippen molar-refractivity contribution in [3.8, 4) is 23.1 Å². The molecule has 0 radical (unpaired) electrons. The Balaban J connectivity index is 2.16. The van der Waals surface area contributed by atoms with Gasteiger partial charge in [0, 0.05) is 29.3 Å². The number of rotatable bonds is 5. The quantitative estimate of drug-likeness (QED) is 0.422. The molecule has 8 nitrogen and oxygen atoms in total. The minimum atomic E-state index is -3.88. The lowest BCUT2D eigenvalue weighted by Crippen LogP contribution is -2.12. The minimum absolute atomic E-state index is 0.0150. The molecule has 1 heterocycles. The van der Waals surface area contributed by atoms with Gasteiger partial charge < -0.3 is 4.18 Å². The van der Waals surface area contributed by atoms with Gasteiger partial charge >= 0.3 is 10.1 Å². The first kappa shape index (κ1) is 19.8. The first-order valence-electron chi connectivity index (χ1n) is 8.88. The fourth-order valence-corrected chi connectivity index (χ4v) is 3.86. The number of aromatic nitrogens is 1. The lowest BCUT2D eigenvalue weighted by molar-refractivity contribution is -0.384. The molecule has 3 rings (SSSR count). The third kappa shape index (κ3) is 4.46. The molecule has 1 aliphatic carbocycles. The highest BCUT2D eigenvalue weighted by Crippen LogP contribution is 2.37. The Kier molecular flexibility index (Phi) is 5.61. The molecule has 0 aliphatic heterocycles. The monoisotopic (exact) mass is 401 g/mol. The van der Waals surface area contributed by atoms with E-state index < -0.39 is 15.0 Å². The average molecular weight is 401 g/mol. The van der Waals surface area contributed by atoms with Gasteiger partial charge in [-0.2, -0.15) is 13.7 Å². The summed E-state index contributed by atoms with van der Waals surface area (Å²) < 4.78 is 28.4. The Labute approximate surface area is 163 Å². The van der Waals surface area contributed by atoms with Gasteiger partial charge in [-0.15, -0.1) is 0 Å². The third-order valence-electron chi connectivity index (χ3n) is 4.76. The predicted molar refractivity (Wildman–Crippen MR) is 102 cm³/mol. The van der Waals surface area contributed by atoms with E-state index >= 15 is 0 Å². The molecule has 28 heavy (non-hydrogen) atoms. The summed E-state index contributed by atoms with van der Waals surface area (Å²) in [5.41, 5.74) is 1.59. The van der Waals surface area contributed by atoms with Crippen LogP contribution in [0, 0.1) is 21.4 Å². The van der Waals surface area contributed by atoms with E-state index in [0.29, 0.717) is 16.8 Å². The maximum Gasteiger partial charge on any atom is 0.307 e. The zero-order valence-corrected chi connectivity index (χ0v) is 16.1. The SMILES string of the molecule is CS(=O)(=O)Oc1nc(C2CCCCC2)cc(-c2ccc([N+](=O)[O-])cc2)c1C#N. The fraction of sp³-hybridized carbons (Fsp3) is 0.368. The Bertz CT molecular complexity index is 1040. The van der Waals surface area contributed by atoms with E-state index in [1.165, 1.54) is 24.3 Å². The summed E-state index contributed by atoms with van der Waals surface area (Å²) >= 11 is 0. The molecule has 1 fully saturated rings. The van der Waals surface area contributed by atoms with Crippen LogP contribution in [-0.4, -0.2) is 24.6 Å². The highest BCUT2D eigenvalue weighted by Gasteiger charge is 2.24. The van der Waals surface area contributed by atoms with Crippen molar-refractivity contribution >= 4 is 15.8 Å². The van der Waals surface area contributed by atoms with Crippen LogP contribution in [0.2, 0.25) is 0 Å². The number of nitriles is 1. The summed E-state index contributed by atoms with van der Waals surface area (Å²) in [6.45, 7) is 0. The van der Waals surface area contributed by atoms with Gasteiger partial charge in [0.1, 0.15) is 11.6 Å². The van der Waals surface area contributed by atoms with Gasteiger partial charge in [0.05, 0.1) is 11.2 Å². The van der Waals surface area contributed by atoms with Crippen LogP contribution in [0.5, 0.6) is 5.88 Å². The third-order valence-corrected chi connectivity index (χ3v) is 5.22. The second-order valence-electron chi connectivity index (χ2n) is 6.81. The standard InChI is InChI=1S/C19H19N3O5S/c1-28(25,26)27-19-17(12-20)16(13-7-9-15(10-8-13)22(23)24)11-18(21-19)14-5-3-2-4-6-14/h7-11,14H,2-6H2,1H3. The van der Waals surface area contributed by atoms with Crippen LogP contribution in [0.1, 0.15) is 49.3 Å². The number of nitrogens with zero attached hydrogens (tertiary/aromatic N) is 3. The summed E-state index contributed by atoms with van der Waals surface area (Å²) in [7, 11) is -3.88. The summed E-state index contributed by atoms with van der Waals surface area (Å²) in [6, 6.07) is 9.48. The molecule has 1 aromatic heterocycles. The Hall–Kier alpha value is -2.99. The Morgan fingerprint density at radius 1 is 1.21 bits per heavy atom. The summed E-state index contributed by atoms with van der Waals surface area (Å²) in [5, 5.41) is 20.5. The van der Waals surface area contributed by atoms with Crippen LogP contribution >= 0.6 is 0 Å². The molecular weight excluding hydrogens is 382 g/mol. The van der Waals surface area contributed by atoms with Crippen LogP contribution < -0.4 is 4.18 Å². The molecule has 0 spiro atoms. The number of nitro benzene ring substituents is 1. The topological polar surface area (TPSA) is 123 Å². The maximum atomic E-state index is 11.7. The molecule has 1 aromatic carbocycles. The zero-order chi connectivity index (χ0) is 20.3. The van der Waals surface area contributed by atoms with E-state index in [2.05, 4.69) is 4.98 Å². The molecule has 0 saturated heterocycles. The van der Waals surface area contributed by atoms with Crippen molar-refractivity contribution in [1.82, 2.24) is 4.98 Å². The van der Waals surface area contributed by atoms with Gasteiger partial charge in [-0.3, -0.25) is 10.1 Å². The first-order chi connectivity index (χ1) is 13.3. The lowest BCUT2D eigenvalue weighted by atomic mass is 9.85. The Morgan fingerprint density at radius 2 is 1.86 bits per heavy atom. The zero-order valence-electron chi connectivity index (χ0n) is 15.3. The fourth-order valence-electron chi connectivity index (χ4n) is 3.45. The van der Waals surface area contributed by atoms with Crippen LogP contribution in [-0.2, 0) is 10.1 Å². The van der Waals surface area contributed by atoms with Crippen molar-refractivity contribution in [3.05, 3.63) is 51.7 Å². The normalized spacial score (nSPS) is 15.0. The number of nitro groups is 1. The van der Waals surface area contributed by atoms with E-state index in [1.807, 2.05) is 6.07 Å². The van der Waals surface area contributed by atoms with Crippen molar-refractivity contribution in [2.45, 2.75) is 38.0 Å². The molecule has 2 aromatic rings. The average Bonchev–Trinajstić information content (AvgIpc) is 2.67. The second-order valence-corrected chi connectivity index (χ2v) is 8.39.